The molecule has 1 fully saturated rings. The van der Waals surface area contributed by atoms with Crippen LogP contribution in [0.4, 0.5) is 33.7 Å². The Bertz CT molecular complexity index is 1680. The first kappa shape index (κ1) is 31.8. The molecule has 0 saturated carbocycles. The molecule has 1 unspecified atom stereocenters. The first-order valence-corrected chi connectivity index (χ1v) is 14.4. The van der Waals surface area contributed by atoms with E-state index in [9.17, 15) is 32.7 Å². The Morgan fingerprint density at radius 1 is 1.04 bits per heavy atom. The predicted octanol–water partition coefficient (Wildman–Crippen LogP) is 5.82. The predicted molar refractivity (Wildman–Crippen MR) is 162 cm³/mol. The Morgan fingerprint density at radius 2 is 1.71 bits per heavy atom. The van der Waals surface area contributed by atoms with Crippen LogP contribution in [0.5, 0.6) is 0 Å². The number of carbonyl (C=O) groups is 2. The van der Waals surface area contributed by atoms with E-state index < -0.39 is 46.7 Å². The molecule has 13 heteroatoms. The first-order chi connectivity index (χ1) is 21.2. The fraction of sp³-hybridized carbons (Fsp3) is 0.344. The van der Waals surface area contributed by atoms with Crippen molar-refractivity contribution >= 4 is 28.9 Å². The summed E-state index contributed by atoms with van der Waals surface area (Å²) >= 11 is 0. The van der Waals surface area contributed by atoms with E-state index in [1.807, 2.05) is 25.8 Å². The van der Waals surface area contributed by atoms with Gasteiger partial charge in [0.15, 0.2) is 0 Å². The molecule has 5 rings (SSSR count). The average molecular weight is 628 g/mol. The van der Waals surface area contributed by atoms with E-state index in [1.54, 1.807) is 36.4 Å². The molecule has 0 radical (unpaired) electrons. The molecule has 0 bridgehead atoms. The van der Waals surface area contributed by atoms with Crippen LogP contribution in [0.2, 0.25) is 0 Å². The van der Waals surface area contributed by atoms with Crippen molar-refractivity contribution in [3.63, 3.8) is 0 Å². The van der Waals surface area contributed by atoms with E-state index in [2.05, 4.69) is 15.2 Å². The summed E-state index contributed by atoms with van der Waals surface area (Å²) in [5, 5.41) is 12.4. The van der Waals surface area contributed by atoms with E-state index in [0.29, 0.717) is 36.5 Å². The molecule has 2 aliphatic heterocycles. The number of alkyl halides is 3. The Labute approximate surface area is 256 Å². The average Bonchev–Trinajstić information content (AvgIpc) is 2.99. The van der Waals surface area contributed by atoms with Gasteiger partial charge in [-0.1, -0.05) is 36.4 Å². The highest BCUT2D eigenvalue weighted by atomic mass is 19.4. The summed E-state index contributed by atoms with van der Waals surface area (Å²) in [6, 6.07) is 11.4. The molecular weight excluding hydrogens is 594 g/mol. The standard InChI is InChI=1S/C32H33F4N5O4/c1-18-16-40(17-19(2)39(18)3)28-14-25(33)22(21-9-10-41(31(44)45)27(11-21)20-7-5-4-6-8-20)12-26(28)38-30(43)23-15-37-29(42)13-24(23)32(34,35)36/h4-9,12-15,18-19,27H,10-11,16-17H2,1-3H3,(H,37,42)(H,38,43)(H,44,45)/t18-,19+,27?. The fourth-order valence-corrected chi connectivity index (χ4v) is 6.00. The van der Waals surface area contributed by atoms with Crippen LogP contribution in [0.15, 0.2) is 65.6 Å². The van der Waals surface area contributed by atoms with Gasteiger partial charge in [-0.25, -0.2) is 9.18 Å². The molecule has 2 aromatic carbocycles. The maximum absolute atomic E-state index is 16.0. The van der Waals surface area contributed by atoms with E-state index in [0.717, 1.165) is 0 Å². The normalized spacial score (nSPS) is 21.0. The Hall–Kier alpha value is -4.65. The minimum absolute atomic E-state index is 0.0209. The lowest BCUT2D eigenvalue weighted by molar-refractivity contribution is -0.138. The van der Waals surface area contributed by atoms with Gasteiger partial charge in [-0.3, -0.25) is 19.4 Å². The second-order valence-electron chi connectivity index (χ2n) is 11.5. The number of nitrogens with one attached hydrogen (secondary N) is 2. The number of carbonyl (C=O) groups excluding carboxylic acids is 1. The van der Waals surface area contributed by atoms with Crippen LogP contribution in [-0.4, -0.2) is 70.7 Å². The van der Waals surface area contributed by atoms with Crippen molar-refractivity contribution < 1.29 is 32.3 Å². The summed E-state index contributed by atoms with van der Waals surface area (Å²) in [6.45, 7) is 4.88. The molecule has 2 aliphatic rings. The number of aromatic nitrogens is 1. The second kappa shape index (κ2) is 12.4. The van der Waals surface area contributed by atoms with Crippen LogP contribution >= 0.6 is 0 Å². The number of rotatable bonds is 5. The van der Waals surface area contributed by atoms with Crippen LogP contribution in [0.1, 0.15) is 53.4 Å². The number of halogens is 4. The number of hydrogen-bond acceptors (Lipinski definition) is 5. The van der Waals surface area contributed by atoms with Crippen LogP contribution in [-0.2, 0) is 6.18 Å². The number of pyridine rings is 1. The summed E-state index contributed by atoms with van der Waals surface area (Å²) in [5.74, 6) is -1.76. The zero-order valence-electron chi connectivity index (χ0n) is 24.9. The van der Waals surface area contributed by atoms with Crippen molar-refractivity contribution in [1.29, 1.82) is 0 Å². The zero-order valence-corrected chi connectivity index (χ0v) is 24.9. The van der Waals surface area contributed by atoms with Gasteiger partial charge in [0.2, 0.25) is 5.56 Å². The number of benzene rings is 2. The maximum Gasteiger partial charge on any atom is 0.417 e. The molecule has 3 N–H and O–H groups in total. The van der Waals surface area contributed by atoms with Crippen molar-refractivity contribution in [2.24, 2.45) is 0 Å². The molecule has 238 valence electrons. The lowest BCUT2D eigenvalue weighted by Gasteiger charge is -2.44. The largest absolute Gasteiger partial charge is 0.465 e. The van der Waals surface area contributed by atoms with Crippen molar-refractivity contribution in [3.8, 4) is 0 Å². The smallest absolute Gasteiger partial charge is 0.417 e. The Kier molecular flexibility index (Phi) is 8.74. The highest BCUT2D eigenvalue weighted by molar-refractivity contribution is 6.07. The number of nitrogens with zero attached hydrogens (tertiary/aromatic N) is 3. The Morgan fingerprint density at radius 3 is 2.33 bits per heavy atom. The molecule has 0 spiro atoms. The van der Waals surface area contributed by atoms with Crippen molar-refractivity contribution in [2.75, 3.05) is 36.9 Å². The van der Waals surface area contributed by atoms with Gasteiger partial charge >= 0.3 is 12.3 Å². The minimum Gasteiger partial charge on any atom is -0.465 e. The molecule has 45 heavy (non-hydrogen) atoms. The minimum atomic E-state index is -4.98. The van der Waals surface area contributed by atoms with Gasteiger partial charge in [0.1, 0.15) is 5.82 Å². The zero-order chi connectivity index (χ0) is 32.6. The number of amides is 2. The van der Waals surface area contributed by atoms with Gasteiger partial charge in [-0.15, -0.1) is 0 Å². The summed E-state index contributed by atoms with van der Waals surface area (Å²) in [5.41, 5.74) is -1.55. The highest BCUT2D eigenvalue weighted by Crippen LogP contribution is 2.41. The molecule has 2 amide bonds. The van der Waals surface area contributed by atoms with Crippen LogP contribution in [0.3, 0.4) is 0 Å². The molecule has 3 atom stereocenters. The second-order valence-corrected chi connectivity index (χ2v) is 11.5. The summed E-state index contributed by atoms with van der Waals surface area (Å²) in [6.07, 6.45) is -3.68. The number of piperazine rings is 1. The number of likely N-dealkylation sites (N-methyl/N-ethyl adjacent to an activating group) is 1. The van der Waals surface area contributed by atoms with E-state index in [4.69, 9.17) is 0 Å². The molecule has 3 aromatic rings. The summed E-state index contributed by atoms with van der Waals surface area (Å²) < 4.78 is 57.4. The van der Waals surface area contributed by atoms with Gasteiger partial charge in [-0.05, 0) is 50.6 Å². The molecule has 1 aromatic heterocycles. The highest BCUT2D eigenvalue weighted by Gasteiger charge is 2.37. The van der Waals surface area contributed by atoms with Gasteiger partial charge in [-0.2, -0.15) is 13.2 Å². The van der Waals surface area contributed by atoms with Crippen LogP contribution < -0.4 is 15.8 Å². The third kappa shape index (κ3) is 6.58. The number of H-pyrrole nitrogens is 1. The Balaban J connectivity index is 1.59. The quantitative estimate of drug-likeness (QED) is 0.308. The third-order valence-corrected chi connectivity index (χ3v) is 8.61. The molecule has 0 aliphatic carbocycles. The lowest BCUT2D eigenvalue weighted by Crippen LogP contribution is -2.55. The monoisotopic (exact) mass is 627 g/mol. The molecule has 3 heterocycles. The summed E-state index contributed by atoms with van der Waals surface area (Å²) in [4.78, 5) is 44.5. The number of hydrogen-bond donors (Lipinski definition) is 3. The van der Waals surface area contributed by atoms with E-state index in [1.165, 1.54) is 17.0 Å². The number of aromatic amines is 1. The maximum atomic E-state index is 16.0. The van der Waals surface area contributed by atoms with Crippen molar-refractivity contribution in [2.45, 2.75) is 44.6 Å². The van der Waals surface area contributed by atoms with E-state index >= 15 is 4.39 Å². The third-order valence-electron chi connectivity index (χ3n) is 8.61. The lowest BCUT2D eigenvalue weighted by atomic mass is 9.89. The van der Waals surface area contributed by atoms with Gasteiger partial charge in [0.25, 0.3) is 5.91 Å². The summed E-state index contributed by atoms with van der Waals surface area (Å²) in [7, 11) is 1.97. The SMILES string of the molecule is C[C@@H]1CN(c2cc(F)c(C3=CCN(C(=O)O)C(c4ccccc4)C3)cc2NC(=O)c2c[nH]c(=O)cc2C(F)(F)F)C[C@H](C)N1C. The fourth-order valence-electron chi connectivity index (χ4n) is 6.00. The van der Waals surface area contributed by atoms with Crippen molar-refractivity contribution in [1.82, 2.24) is 14.8 Å². The first-order valence-electron chi connectivity index (χ1n) is 14.4. The molecule has 1 saturated heterocycles. The van der Waals surface area contributed by atoms with Crippen LogP contribution in [0, 0.1) is 5.82 Å². The number of carboxylic acid groups (broad SMARTS) is 1. The van der Waals surface area contributed by atoms with Gasteiger partial charge < -0.3 is 20.3 Å². The van der Waals surface area contributed by atoms with Crippen molar-refractivity contribution in [3.05, 3.63) is 99.2 Å². The number of anilines is 2. The molecule has 9 nitrogen and oxygen atoms in total. The van der Waals surface area contributed by atoms with E-state index in [-0.39, 0.29) is 42.0 Å². The molecular formula is C32H33F4N5O4. The van der Waals surface area contributed by atoms with Gasteiger partial charge in [0, 0.05) is 49.5 Å². The van der Waals surface area contributed by atoms with Gasteiger partial charge in [0.05, 0.1) is 28.5 Å². The topological polar surface area (TPSA) is 109 Å². The van der Waals surface area contributed by atoms with Crippen LogP contribution in [0.25, 0.3) is 5.57 Å².